The Hall–Kier alpha value is -1.35. The van der Waals surface area contributed by atoms with Gasteiger partial charge in [-0.25, -0.2) is 0 Å². The first kappa shape index (κ1) is 16.8. The van der Waals surface area contributed by atoms with Crippen LogP contribution in [0.25, 0.3) is 0 Å². The van der Waals surface area contributed by atoms with Crippen molar-refractivity contribution in [2.45, 2.75) is 63.3 Å². The molecular formula is C23H34N2O. The quantitative estimate of drug-likeness (QED) is 0.878. The molecule has 0 radical (unpaired) electrons. The Balaban J connectivity index is 0.00000180. The van der Waals surface area contributed by atoms with Crippen molar-refractivity contribution in [1.29, 1.82) is 0 Å². The van der Waals surface area contributed by atoms with Gasteiger partial charge in [-0.1, -0.05) is 30.7 Å². The van der Waals surface area contributed by atoms with E-state index in [1.54, 1.807) is 6.92 Å². The van der Waals surface area contributed by atoms with Gasteiger partial charge in [0.15, 0.2) is 0 Å². The molecule has 26 heavy (non-hydrogen) atoms. The molecule has 3 heteroatoms. The van der Waals surface area contributed by atoms with Crippen LogP contribution in [0.1, 0.15) is 70.5 Å². The van der Waals surface area contributed by atoms with E-state index in [4.69, 9.17) is 0 Å². The van der Waals surface area contributed by atoms with Crippen molar-refractivity contribution < 1.29 is 6.22 Å². The second-order valence-corrected chi connectivity index (χ2v) is 9.56. The van der Waals surface area contributed by atoms with Crippen LogP contribution in [0.3, 0.4) is 0 Å². The SMILES string of the molecule is CC(=O)NC1CC2(CCN(C[C@H]3C[C@H]4CC[C@@H]3C4)CC2)c2ccccc21.[HH]. The summed E-state index contributed by atoms with van der Waals surface area (Å²) in [6.07, 6.45) is 9.62. The van der Waals surface area contributed by atoms with E-state index in [1.807, 2.05) is 0 Å². The molecule has 1 N–H and O–H groups in total. The zero-order chi connectivity index (χ0) is 17.7. The number of benzene rings is 1. The summed E-state index contributed by atoms with van der Waals surface area (Å²) >= 11 is 0. The molecule has 2 saturated carbocycles. The topological polar surface area (TPSA) is 32.3 Å². The molecule has 1 aromatic carbocycles. The maximum absolute atomic E-state index is 11.7. The number of nitrogens with one attached hydrogen (secondary N) is 1. The molecule has 1 aromatic rings. The van der Waals surface area contributed by atoms with Crippen LogP contribution in [0.4, 0.5) is 0 Å². The van der Waals surface area contributed by atoms with Crippen molar-refractivity contribution in [3.63, 3.8) is 0 Å². The number of piperidine rings is 1. The van der Waals surface area contributed by atoms with Crippen molar-refractivity contribution in [3.8, 4) is 0 Å². The molecule has 3 fully saturated rings. The maximum atomic E-state index is 11.7. The Labute approximate surface area is 159 Å². The number of amides is 1. The molecule has 1 unspecified atom stereocenters. The minimum Gasteiger partial charge on any atom is -0.349 e. The van der Waals surface area contributed by atoms with Crippen LogP contribution in [-0.4, -0.2) is 30.4 Å². The molecule has 3 nitrogen and oxygen atoms in total. The minimum atomic E-state index is 0. The summed E-state index contributed by atoms with van der Waals surface area (Å²) in [5, 5.41) is 3.21. The van der Waals surface area contributed by atoms with Crippen molar-refractivity contribution in [2.75, 3.05) is 19.6 Å². The predicted molar refractivity (Wildman–Crippen MR) is 106 cm³/mol. The summed E-state index contributed by atoms with van der Waals surface area (Å²) in [6.45, 7) is 5.45. The number of rotatable bonds is 3. The lowest BCUT2D eigenvalue weighted by Gasteiger charge is -2.42. The van der Waals surface area contributed by atoms with Gasteiger partial charge in [0.1, 0.15) is 0 Å². The highest BCUT2D eigenvalue weighted by molar-refractivity contribution is 5.73. The third-order valence-corrected chi connectivity index (χ3v) is 8.07. The molecular weight excluding hydrogens is 320 g/mol. The number of nitrogens with zero attached hydrogens (tertiary/aromatic N) is 1. The Morgan fingerprint density at radius 2 is 2.04 bits per heavy atom. The number of fused-ring (bicyclic) bond motifs is 4. The van der Waals surface area contributed by atoms with Gasteiger partial charge >= 0.3 is 0 Å². The van der Waals surface area contributed by atoms with E-state index in [1.165, 1.54) is 69.3 Å². The zero-order valence-corrected chi connectivity index (χ0v) is 16.0. The average Bonchev–Trinajstić information content (AvgIpc) is 3.32. The Kier molecular flexibility index (Phi) is 4.11. The molecule has 0 aromatic heterocycles. The molecule has 3 aliphatic carbocycles. The maximum Gasteiger partial charge on any atom is 0.217 e. The molecule has 1 aliphatic heterocycles. The molecule has 4 aliphatic rings. The van der Waals surface area contributed by atoms with Gasteiger partial charge in [-0.2, -0.15) is 0 Å². The number of likely N-dealkylation sites (tertiary alicyclic amines) is 1. The number of hydrogen-bond donors (Lipinski definition) is 1. The Morgan fingerprint density at radius 1 is 1.23 bits per heavy atom. The Morgan fingerprint density at radius 3 is 2.73 bits per heavy atom. The van der Waals surface area contributed by atoms with Crippen LogP contribution < -0.4 is 5.32 Å². The normalized spacial score (nSPS) is 35.0. The number of hydrogen-bond acceptors (Lipinski definition) is 2. The summed E-state index contributed by atoms with van der Waals surface area (Å²) in [7, 11) is 0. The highest BCUT2D eigenvalue weighted by Crippen LogP contribution is 2.52. The van der Waals surface area contributed by atoms with E-state index in [2.05, 4.69) is 34.5 Å². The average molecular weight is 355 g/mol. The van der Waals surface area contributed by atoms with Crippen LogP contribution >= 0.6 is 0 Å². The fourth-order valence-corrected chi connectivity index (χ4v) is 6.84. The van der Waals surface area contributed by atoms with E-state index >= 15 is 0 Å². The van der Waals surface area contributed by atoms with Crippen LogP contribution in [-0.2, 0) is 10.2 Å². The van der Waals surface area contributed by atoms with E-state index in [9.17, 15) is 4.79 Å². The largest absolute Gasteiger partial charge is 0.349 e. The lowest BCUT2D eigenvalue weighted by Crippen LogP contribution is -2.44. The third-order valence-electron chi connectivity index (χ3n) is 8.07. The highest BCUT2D eigenvalue weighted by Gasteiger charge is 2.46. The lowest BCUT2D eigenvalue weighted by molar-refractivity contribution is -0.119. The van der Waals surface area contributed by atoms with Gasteiger partial charge in [-0.3, -0.25) is 4.79 Å². The molecule has 1 amide bonds. The summed E-state index contributed by atoms with van der Waals surface area (Å²) in [4.78, 5) is 14.4. The zero-order valence-electron chi connectivity index (χ0n) is 16.0. The predicted octanol–water partition coefficient (Wildman–Crippen LogP) is 4.28. The van der Waals surface area contributed by atoms with Gasteiger partial charge in [0.25, 0.3) is 0 Å². The highest BCUT2D eigenvalue weighted by atomic mass is 16.1. The van der Waals surface area contributed by atoms with Gasteiger partial charge < -0.3 is 10.2 Å². The van der Waals surface area contributed by atoms with Gasteiger partial charge in [-0.05, 0) is 80.5 Å². The summed E-state index contributed by atoms with van der Waals surface area (Å²) < 4.78 is 0. The first-order chi connectivity index (χ1) is 12.6. The van der Waals surface area contributed by atoms with E-state index in [0.29, 0.717) is 0 Å². The first-order valence-electron chi connectivity index (χ1n) is 10.7. The summed E-state index contributed by atoms with van der Waals surface area (Å²) in [5.74, 6) is 3.16. The lowest BCUT2D eigenvalue weighted by atomic mass is 9.73. The van der Waals surface area contributed by atoms with E-state index in [0.717, 1.165) is 24.2 Å². The molecule has 4 atom stereocenters. The minimum absolute atomic E-state index is 0. The number of carbonyl (C=O) groups is 1. The molecule has 142 valence electrons. The standard InChI is InChI=1S/C23H32N2O.H2/c1-16(26)24-22-14-23(21-5-3-2-4-20(21)22)8-10-25(11-9-23)15-19-13-17-6-7-18(19)12-17;/h2-5,17-19,22H,6-15H2,1H3,(H,24,26);1H/t17-,18+,19+,22?;/m0./s1. The number of carbonyl (C=O) groups excluding carboxylic acids is 1. The monoisotopic (exact) mass is 354 g/mol. The van der Waals surface area contributed by atoms with Gasteiger partial charge in [0.05, 0.1) is 6.04 Å². The van der Waals surface area contributed by atoms with Crippen molar-refractivity contribution >= 4 is 5.91 Å². The van der Waals surface area contributed by atoms with Crippen LogP contribution in [0, 0.1) is 17.8 Å². The first-order valence-corrected chi connectivity index (χ1v) is 10.7. The van der Waals surface area contributed by atoms with Crippen molar-refractivity contribution in [3.05, 3.63) is 35.4 Å². The third kappa shape index (κ3) is 2.79. The van der Waals surface area contributed by atoms with Crippen molar-refractivity contribution in [2.24, 2.45) is 17.8 Å². The second-order valence-electron chi connectivity index (χ2n) is 9.56. The molecule has 1 heterocycles. The Bertz CT molecular complexity index is 697. The van der Waals surface area contributed by atoms with Gasteiger partial charge in [0.2, 0.25) is 5.91 Å². The van der Waals surface area contributed by atoms with E-state index < -0.39 is 0 Å². The van der Waals surface area contributed by atoms with Crippen LogP contribution in [0.5, 0.6) is 0 Å². The van der Waals surface area contributed by atoms with Gasteiger partial charge in [-0.15, -0.1) is 0 Å². The fourth-order valence-electron chi connectivity index (χ4n) is 6.84. The molecule has 1 spiro atoms. The smallest absolute Gasteiger partial charge is 0.217 e. The molecule has 1 saturated heterocycles. The molecule has 5 rings (SSSR count). The van der Waals surface area contributed by atoms with Crippen LogP contribution in [0.15, 0.2) is 24.3 Å². The van der Waals surface area contributed by atoms with Crippen LogP contribution in [0.2, 0.25) is 0 Å². The molecule has 2 bridgehead atoms. The fraction of sp³-hybridized carbons (Fsp3) is 0.696. The van der Waals surface area contributed by atoms with Gasteiger partial charge in [0, 0.05) is 20.3 Å². The van der Waals surface area contributed by atoms with E-state index in [-0.39, 0.29) is 18.8 Å². The second kappa shape index (κ2) is 6.37. The van der Waals surface area contributed by atoms with Crippen molar-refractivity contribution in [1.82, 2.24) is 10.2 Å². The summed E-state index contributed by atoms with van der Waals surface area (Å²) in [6, 6.07) is 9.06. The summed E-state index contributed by atoms with van der Waals surface area (Å²) in [5.41, 5.74) is 3.16.